The van der Waals surface area contributed by atoms with E-state index in [4.69, 9.17) is 18.2 Å². The molecule has 4 heterocycles. The van der Waals surface area contributed by atoms with Gasteiger partial charge in [0.25, 0.3) is 0 Å². The molecule has 242 valence electrons. The molecule has 0 spiro atoms. The zero-order valence-corrected chi connectivity index (χ0v) is 27.3. The molecule has 0 saturated heterocycles. The molecule has 0 aliphatic carbocycles. The van der Waals surface area contributed by atoms with Gasteiger partial charge in [-0.05, 0) is 53.1 Å². The lowest BCUT2D eigenvalue weighted by Crippen LogP contribution is -2.45. The summed E-state index contributed by atoms with van der Waals surface area (Å²) in [6.45, 7) is 0. The Morgan fingerprint density at radius 2 is 1.04 bits per heavy atom. The van der Waals surface area contributed by atoms with Crippen LogP contribution >= 0.6 is 0 Å². The van der Waals surface area contributed by atoms with Crippen LogP contribution in [0, 0.1) is 0 Å². The van der Waals surface area contributed by atoms with Crippen LogP contribution in [-0.2, 0) is 0 Å². The molecule has 3 aromatic heterocycles. The van der Waals surface area contributed by atoms with Crippen molar-refractivity contribution in [1.29, 1.82) is 0 Å². The molecule has 0 fully saturated rings. The molecule has 51 heavy (non-hydrogen) atoms. The number of nitrogens with zero attached hydrogens (tertiary/aromatic N) is 1. The van der Waals surface area contributed by atoms with E-state index in [1.165, 1.54) is 0 Å². The van der Waals surface area contributed by atoms with Gasteiger partial charge in [-0.25, -0.2) is 4.99 Å². The third-order valence-corrected chi connectivity index (χ3v) is 10.2. The molecule has 0 amide bonds. The second-order valence-corrected chi connectivity index (χ2v) is 13.1. The van der Waals surface area contributed by atoms with Crippen LogP contribution in [0.15, 0.2) is 170 Å². The minimum Gasteiger partial charge on any atom is -0.456 e. The first-order valence-electron chi connectivity index (χ1n) is 17.2. The van der Waals surface area contributed by atoms with Crippen molar-refractivity contribution in [3.63, 3.8) is 0 Å². The molecule has 0 saturated carbocycles. The minimum absolute atomic E-state index is 0.192. The summed E-state index contributed by atoms with van der Waals surface area (Å²) in [7, 11) is 0. The molecule has 0 bridgehead atoms. The Bertz CT molecular complexity index is 3000. The van der Waals surface area contributed by atoms with Gasteiger partial charge < -0.3 is 18.6 Å². The van der Waals surface area contributed by atoms with E-state index in [-0.39, 0.29) is 12.3 Å². The molecule has 0 radical (unpaired) electrons. The van der Waals surface area contributed by atoms with Gasteiger partial charge in [-0.2, -0.15) is 0 Å². The minimum atomic E-state index is -0.327. The molecule has 10 aromatic rings. The van der Waals surface area contributed by atoms with Gasteiger partial charge in [-0.1, -0.05) is 115 Å². The van der Waals surface area contributed by atoms with Crippen molar-refractivity contribution < 1.29 is 13.3 Å². The van der Waals surface area contributed by atoms with Crippen LogP contribution in [0.1, 0.15) is 29.0 Å². The van der Waals surface area contributed by atoms with Crippen molar-refractivity contribution >= 4 is 71.7 Å². The average Bonchev–Trinajstić information content (AvgIpc) is 3.89. The molecule has 2 unspecified atom stereocenters. The van der Waals surface area contributed by atoms with Crippen LogP contribution < -0.4 is 10.6 Å². The van der Waals surface area contributed by atoms with E-state index in [1.54, 1.807) is 0 Å². The predicted molar refractivity (Wildman–Crippen MR) is 205 cm³/mol. The largest absolute Gasteiger partial charge is 0.456 e. The molecule has 11 rings (SSSR count). The second kappa shape index (κ2) is 10.9. The van der Waals surface area contributed by atoms with E-state index in [1.807, 2.05) is 54.6 Å². The fourth-order valence-electron chi connectivity index (χ4n) is 7.81. The Kier molecular flexibility index (Phi) is 6.05. The Morgan fingerprint density at radius 1 is 0.431 bits per heavy atom. The molecule has 7 aromatic carbocycles. The lowest BCUT2D eigenvalue weighted by Gasteiger charge is -2.32. The van der Waals surface area contributed by atoms with Crippen molar-refractivity contribution in [2.24, 2.45) is 4.99 Å². The highest BCUT2D eigenvalue weighted by molar-refractivity contribution is 6.19. The zero-order chi connectivity index (χ0) is 33.5. The number of rotatable bonds is 4. The molecule has 6 heteroatoms. The number of fused-ring (bicyclic) bond motifs is 9. The first-order valence-corrected chi connectivity index (χ1v) is 17.2. The highest BCUT2D eigenvalue weighted by Crippen LogP contribution is 2.42. The predicted octanol–water partition coefficient (Wildman–Crippen LogP) is 11.4. The fourth-order valence-corrected chi connectivity index (χ4v) is 7.81. The molecule has 2 N–H and O–H groups in total. The summed E-state index contributed by atoms with van der Waals surface area (Å²) >= 11 is 0. The lowest BCUT2D eigenvalue weighted by atomic mass is 9.97. The Morgan fingerprint density at radius 3 is 1.88 bits per heavy atom. The first kappa shape index (κ1) is 28.2. The van der Waals surface area contributed by atoms with Gasteiger partial charge in [0.1, 0.15) is 51.7 Å². The van der Waals surface area contributed by atoms with Crippen LogP contribution in [0.3, 0.4) is 0 Å². The number of para-hydroxylation sites is 4. The number of furan rings is 3. The summed E-state index contributed by atoms with van der Waals surface area (Å²) in [6, 6.07) is 52.1. The van der Waals surface area contributed by atoms with Crippen LogP contribution in [0.2, 0.25) is 0 Å². The molecule has 1 aliphatic heterocycles. The van der Waals surface area contributed by atoms with Crippen molar-refractivity contribution in [3.8, 4) is 11.1 Å². The number of benzene rings is 7. The second-order valence-electron chi connectivity index (χ2n) is 13.1. The van der Waals surface area contributed by atoms with E-state index in [2.05, 4.69) is 108 Å². The topological polar surface area (TPSA) is 75.8 Å². The van der Waals surface area contributed by atoms with Crippen molar-refractivity contribution in [1.82, 2.24) is 10.6 Å². The number of aliphatic imine (C=N–C) groups is 1. The number of hydrogen-bond donors (Lipinski definition) is 2. The summed E-state index contributed by atoms with van der Waals surface area (Å²) < 4.78 is 19.4. The lowest BCUT2D eigenvalue weighted by molar-refractivity contribution is 0.409. The highest BCUT2D eigenvalue weighted by Gasteiger charge is 2.28. The molecule has 6 nitrogen and oxygen atoms in total. The Labute approximate surface area is 291 Å². The Hall–Kier alpha value is -6.63. The van der Waals surface area contributed by atoms with E-state index in [0.29, 0.717) is 0 Å². The van der Waals surface area contributed by atoms with E-state index in [0.717, 1.165) is 99.5 Å². The third-order valence-electron chi connectivity index (χ3n) is 10.2. The van der Waals surface area contributed by atoms with Crippen molar-refractivity contribution in [2.45, 2.75) is 12.3 Å². The SMILES string of the molecule is c1ccc(C2NC(c3cccc4c3oc3c(-c5cccc6oc7ccccc7c56)cccc34)=NC(c3ccc4oc5ccccc5c4c3)N2)cc1. The van der Waals surface area contributed by atoms with Crippen LogP contribution in [0.25, 0.3) is 76.9 Å². The molecular formula is C45H29N3O3. The summed E-state index contributed by atoms with van der Waals surface area (Å²) in [5.41, 5.74) is 10.3. The van der Waals surface area contributed by atoms with Crippen LogP contribution in [-0.4, -0.2) is 5.84 Å². The van der Waals surface area contributed by atoms with Gasteiger partial charge >= 0.3 is 0 Å². The smallest absolute Gasteiger partial charge is 0.146 e. The van der Waals surface area contributed by atoms with E-state index >= 15 is 0 Å². The summed E-state index contributed by atoms with van der Waals surface area (Å²) in [6.07, 6.45) is -0.519. The quantitative estimate of drug-likeness (QED) is 0.197. The third kappa shape index (κ3) is 4.37. The zero-order valence-electron chi connectivity index (χ0n) is 27.3. The van der Waals surface area contributed by atoms with Crippen LogP contribution in [0.5, 0.6) is 0 Å². The summed E-state index contributed by atoms with van der Waals surface area (Å²) in [5, 5.41) is 13.9. The van der Waals surface area contributed by atoms with Crippen LogP contribution in [0.4, 0.5) is 0 Å². The van der Waals surface area contributed by atoms with Gasteiger partial charge in [0.05, 0.1) is 5.56 Å². The monoisotopic (exact) mass is 659 g/mol. The number of amidine groups is 1. The Balaban J connectivity index is 1.10. The molecule has 1 aliphatic rings. The summed E-state index contributed by atoms with van der Waals surface area (Å²) in [4.78, 5) is 5.33. The number of nitrogens with one attached hydrogen (secondary N) is 2. The van der Waals surface area contributed by atoms with Gasteiger partial charge in [0.2, 0.25) is 0 Å². The van der Waals surface area contributed by atoms with Gasteiger partial charge in [-0.3, -0.25) is 5.32 Å². The standard InChI is InChI=1S/C45H29N3O3/c1-2-11-26(12-3-1)43-46-44(27-23-24-38-35(25-27)28-13-4-6-20-36(28)49-38)48-45(47-43)34-19-9-18-32-31-17-8-16-30(41(31)51-42(32)34)29-15-10-22-39-40(29)33-14-5-7-21-37(33)50-39/h1-25,43-44,46H,(H,47,48). The highest BCUT2D eigenvalue weighted by atomic mass is 16.3. The summed E-state index contributed by atoms with van der Waals surface area (Å²) in [5.74, 6) is 0.763. The van der Waals surface area contributed by atoms with Gasteiger partial charge in [0.15, 0.2) is 0 Å². The average molecular weight is 660 g/mol. The maximum absolute atomic E-state index is 6.95. The maximum Gasteiger partial charge on any atom is 0.146 e. The fraction of sp³-hybridized carbons (Fsp3) is 0.0444. The molecule has 2 atom stereocenters. The van der Waals surface area contributed by atoms with Gasteiger partial charge in [0, 0.05) is 37.9 Å². The van der Waals surface area contributed by atoms with Gasteiger partial charge in [-0.15, -0.1) is 0 Å². The first-order chi connectivity index (χ1) is 25.3. The number of hydrogen-bond acceptors (Lipinski definition) is 6. The molecular weight excluding hydrogens is 631 g/mol. The maximum atomic E-state index is 6.95. The van der Waals surface area contributed by atoms with Crippen molar-refractivity contribution in [2.75, 3.05) is 0 Å². The van der Waals surface area contributed by atoms with Crippen molar-refractivity contribution in [3.05, 3.63) is 168 Å². The van der Waals surface area contributed by atoms with E-state index < -0.39 is 0 Å². The van der Waals surface area contributed by atoms with E-state index in [9.17, 15) is 0 Å². The normalized spacial score (nSPS) is 16.4.